The highest BCUT2D eigenvalue weighted by atomic mass is 32.1. The molecule has 12 nitrogen and oxygen atoms in total. The zero-order valence-corrected chi connectivity index (χ0v) is 35.2. The van der Waals surface area contributed by atoms with Crippen LogP contribution in [0.1, 0.15) is 90.8 Å². The van der Waals surface area contributed by atoms with Crippen LogP contribution in [0.4, 0.5) is 0 Å². The van der Waals surface area contributed by atoms with E-state index in [1.807, 2.05) is 75.2 Å². The Hall–Kier alpha value is -3.39. The van der Waals surface area contributed by atoms with Gasteiger partial charge in [-0.2, -0.15) is 0 Å². The predicted octanol–water partition coefficient (Wildman–Crippen LogP) is 4.85. The van der Waals surface area contributed by atoms with Crippen LogP contribution in [0.3, 0.4) is 0 Å². The summed E-state index contributed by atoms with van der Waals surface area (Å²) in [5, 5.41) is 12.0. The highest BCUT2D eigenvalue weighted by Crippen LogP contribution is 2.30. The largest absolute Gasteiger partial charge is 0.379 e. The molecular weight excluding hydrogens is 705 g/mol. The third-order valence-corrected chi connectivity index (χ3v) is 12.0. The van der Waals surface area contributed by atoms with Crippen molar-refractivity contribution in [3.8, 4) is 0 Å². The first-order valence-electron chi connectivity index (χ1n) is 19.5. The molecule has 0 aliphatic carbocycles. The summed E-state index contributed by atoms with van der Waals surface area (Å²) in [6.45, 7) is 14.3. The maximum absolute atomic E-state index is 14.3. The highest BCUT2D eigenvalue weighted by molar-refractivity contribution is 7.09. The Labute approximate surface area is 327 Å². The molecule has 1 aromatic heterocycles. The standard InChI is InChI=1S/C41H66N6O6S/c1-12-27(6)36(46(9)41(51)35(26(4)5)45-39(50)34(42-8)25(2)3)32(52-10)24-33(48)47-21-16-19-31(47)37(53-11)28(7)38(49)44-30(40-43-20-22-54-40)23-29-17-14-13-15-18-29/h13-15,17-18,20,22,25-28,30-32,34-37,42H,12,16,19,21,23-24H2,1-11H3,(H,44,49)(H,45,50)/t27-,28?,30-,31-,32+,34-,35-,36?,37?/m0/s1. The summed E-state index contributed by atoms with van der Waals surface area (Å²) >= 11 is 1.51. The minimum Gasteiger partial charge on any atom is -0.379 e. The minimum absolute atomic E-state index is 0.00702. The van der Waals surface area contributed by atoms with Crippen LogP contribution in [-0.4, -0.2) is 110 Å². The van der Waals surface area contributed by atoms with Crippen LogP contribution in [0.15, 0.2) is 41.9 Å². The molecule has 54 heavy (non-hydrogen) atoms. The zero-order valence-electron chi connectivity index (χ0n) is 34.3. The van der Waals surface area contributed by atoms with Crippen LogP contribution in [-0.2, 0) is 35.1 Å². The van der Waals surface area contributed by atoms with Gasteiger partial charge >= 0.3 is 0 Å². The number of methoxy groups -OCH3 is 2. The summed E-state index contributed by atoms with van der Waals surface area (Å²) < 4.78 is 12.1. The molecule has 0 radical (unpaired) electrons. The first-order valence-corrected chi connectivity index (χ1v) is 20.4. The van der Waals surface area contributed by atoms with Crippen molar-refractivity contribution in [1.82, 2.24) is 30.7 Å². The van der Waals surface area contributed by atoms with Gasteiger partial charge in [0.25, 0.3) is 0 Å². The molecule has 302 valence electrons. The van der Waals surface area contributed by atoms with Crippen LogP contribution in [0.2, 0.25) is 0 Å². The lowest BCUT2D eigenvalue weighted by molar-refractivity contribution is -0.147. The average Bonchev–Trinajstić information content (AvgIpc) is 3.87. The van der Waals surface area contributed by atoms with Gasteiger partial charge in [0.05, 0.1) is 48.7 Å². The number of likely N-dealkylation sites (N-methyl/N-ethyl adjacent to an activating group) is 2. The van der Waals surface area contributed by atoms with E-state index in [2.05, 4.69) is 34.8 Å². The normalized spacial score (nSPS) is 19.1. The summed E-state index contributed by atoms with van der Waals surface area (Å²) in [7, 11) is 6.65. The summed E-state index contributed by atoms with van der Waals surface area (Å²) in [4.78, 5) is 63.6. The van der Waals surface area contributed by atoms with Crippen LogP contribution < -0.4 is 16.0 Å². The number of aromatic nitrogens is 1. The Bertz CT molecular complexity index is 1460. The number of nitrogens with one attached hydrogen (secondary N) is 3. The second-order valence-corrected chi connectivity index (χ2v) is 16.4. The van der Waals surface area contributed by atoms with Gasteiger partial charge in [0, 0.05) is 39.4 Å². The lowest BCUT2D eigenvalue weighted by Gasteiger charge is -2.41. The van der Waals surface area contributed by atoms with Crippen molar-refractivity contribution in [2.45, 2.75) is 123 Å². The molecule has 13 heteroatoms. The topological polar surface area (TPSA) is 142 Å². The Morgan fingerprint density at radius 1 is 0.963 bits per heavy atom. The van der Waals surface area contributed by atoms with E-state index in [4.69, 9.17) is 9.47 Å². The summed E-state index contributed by atoms with van der Waals surface area (Å²) in [6, 6.07) is 7.77. The lowest BCUT2D eigenvalue weighted by atomic mass is 9.89. The molecule has 1 aliphatic heterocycles. The SMILES string of the molecule is CC[C@H](C)C([C@@H](CC(=O)N1CCC[C@H]1C(OC)C(C)C(=O)N[C@@H](Cc1ccccc1)c1nccs1)OC)N(C)C(=O)[C@@H](NC(=O)[C@@H](NC)C(C)C)C(C)C. The van der Waals surface area contributed by atoms with Crippen LogP contribution in [0.25, 0.3) is 0 Å². The van der Waals surface area contributed by atoms with Crippen molar-refractivity contribution < 1.29 is 28.7 Å². The molecule has 1 aromatic carbocycles. The molecule has 0 bridgehead atoms. The number of carbonyl (C=O) groups is 4. The number of hydrogen-bond acceptors (Lipinski definition) is 9. The molecule has 2 aromatic rings. The summed E-state index contributed by atoms with van der Waals surface area (Å²) in [5.41, 5.74) is 1.09. The van der Waals surface area contributed by atoms with Crippen molar-refractivity contribution in [2.24, 2.45) is 23.7 Å². The number of rotatable bonds is 21. The van der Waals surface area contributed by atoms with E-state index in [-0.39, 0.29) is 59.9 Å². The van der Waals surface area contributed by atoms with E-state index in [0.29, 0.717) is 19.4 Å². The van der Waals surface area contributed by atoms with Crippen molar-refractivity contribution in [1.29, 1.82) is 0 Å². The Morgan fingerprint density at radius 3 is 2.17 bits per heavy atom. The molecule has 3 rings (SSSR count). The third-order valence-electron chi connectivity index (χ3n) is 11.1. The molecule has 0 spiro atoms. The number of amides is 4. The van der Waals surface area contributed by atoms with Crippen LogP contribution in [0, 0.1) is 23.7 Å². The van der Waals surface area contributed by atoms with Crippen LogP contribution in [0.5, 0.6) is 0 Å². The number of carbonyl (C=O) groups excluding carboxylic acids is 4. The van der Waals surface area contributed by atoms with E-state index in [0.717, 1.165) is 23.4 Å². The van der Waals surface area contributed by atoms with E-state index < -0.39 is 36.3 Å². The fraction of sp³-hybridized carbons (Fsp3) is 0.683. The molecule has 3 N–H and O–H groups in total. The molecule has 1 saturated heterocycles. The van der Waals surface area contributed by atoms with Gasteiger partial charge in [-0.15, -0.1) is 11.3 Å². The molecule has 4 amide bonds. The number of nitrogens with zero attached hydrogens (tertiary/aromatic N) is 3. The number of ether oxygens (including phenoxy) is 2. The molecule has 2 heterocycles. The summed E-state index contributed by atoms with van der Waals surface area (Å²) in [6.07, 6.45) is 3.48. The predicted molar refractivity (Wildman–Crippen MR) is 214 cm³/mol. The monoisotopic (exact) mass is 770 g/mol. The van der Waals surface area contributed by atoms with Gasteiger partial charge in [0.15, 0.2) is 0 Å². The van der Waals surface area contributed by atoms with Gasteiger partial charge in [0.1, 0.15) is 11.0 Å². The molecular formula is C41H66N6O6S. The Balaban J connectivity index is 1.78. The fourth-order valence-electron chi connectivity index (χ4n) is 7.81. The number of benzene rings is 1. The van der Waals surface area contributed by atoms with E-state index in [1.165, 1.54) is 11.3 Å². The number of hydrogen-bond donors (Lipinski definition) is 3. The Morgan fingerprint density at radius 2 is 1.63 bits per heavy atom. The number of thiazole rings is 1. The van der Waals surface area contributed by atoms with Gasteiger partial charge in [-0.05, 0) is 49.6 Å². The molecule has 0 saturated carbocycles. The van der Waals surface area contributed by atoms with Crippen molar-refractivity contribution in [3.63, 3.8) is 0 Å². The molecule has 1 aliphatic rings. The molecule has 9 atom stereocenters. The summed E-state index contributed by atoms with van der Waals surface area (Å²) in [5.74, 6) is -1.41. The van der Waals surface area contributed by atoms with Gasteiger partial charge in [0.2, 0.25) is 23.6 Å². The quantitative estimate of drug-likeness (QED) is 0.164. The Kier molecular flexibility index (Phi) is 18.0. The zero-order chi connectivity index (χ0) is 40.1. The van der Waals surface area contributed by atoms with E-state index >= 15 is 0 Å². The van der Waals surface area contributed by atoms with Crippen molar-refractivity contribution in [2.75, 3.05) is 34.9 Å². The first kappa shape index (κ1) is 45.0. The van der Waals surface area contributed by atoms with Crippen molar-refractivity contribution >= 4 is 35.0 Å². The third kappa shape index (κ3) is 11.6. The smallest absolute Gasteiger partial charge is 0.245 e. The number of likely N-dealkylation sites (tertiary alicyclic amines) is 1. The molecule has 1 fully saturated rings. The van der Waals surface area contributed by atoms with Gasteiger partial charge in [-0.25, -0.2) is 4.98 Å². The second-order valence-electron chi connectivity index (χ2n) is 15.5. The van der Waals surface area contributed by atoms with E-state index in [9.17, 15) is 19.2 Å². The highest BCUT2D eigenvalue weighted by Gasteiger charge is 2.43. The lowest BCUT2D eigenvalue weighted by Crippen LogP contribution is -2.59. The van der Waals surface area contributed by atoms with Gasteiger partial charge in [-0.3, -0.25) is 19.2 Å². The van der Waals surface area contributed by atoms with Crippen molar-refractivity contribution in [3.05, 3.63) is 52.5 Å². The van der Waals surface area contributed by atoms with E-state index in [1.54, 1.807) is 39.4 Å². The maximum atomic E-state index is 14.3. The van der Waals surface area contributed by atoms with Crippen LogP contribution >= 0.6 is 11.3 Å². The van der Waals surface area contributed by atoms with Gasteiger partial charge < -0.3 is 35.2 Å². The average molecular weight is 771 g/mol. The minimum atomic E-state index is -0.752. The second kappa shape index (κ2) is 21.6. The first-order chi connectivity index (χ1) is 25.7. The fourth-order valence-corrected chi connectivity index (χ4v) is 8.50. The molecule has 3 unspecified atom stereocenters. The maximum Gasteiger partial charge on any atom is 0.245 e. The van der Waals surface area contributed by atoms with Gasteiger partial charge in [-0.1, -0.05) is 85.2 Å².